The summed E-state index contributed by atoms with van der Waals surface area (Å²) >= 11 is 0. The van der Waals surface area contributed by atoms with Crippen molar-refractivity contribution in [3.05, 3.63) is 36.0 Å². The van der Waals surface area contributed by atoms with Crippen molar-refractivity contribution in [1.82, 2.24) is 0 Å². The molecule has 0 saturated heterocycles. The minimum Gasteiger partial charge on any atom is -0.410 e. The summed E-state index contributed by atoms with van der Waals surface area (Å²) in [7, 11) is 0.104. The van der Waals surface area contributed by atoms with Crippen molar-refractivity contribution in [1.29, 1.82) is 0 Å². The number of hydrogen-bond acceptors (Lipinski definition) is 2. The van der Waals surface area contributed by atoms with E-state index in [1.165, 1.54) is 44.1 Å². The van der Waals surface area contributed by atoms with E-state index in [-0.39, 0.29) is 22.7 Å². The molecule has 0 spiro atoms. The highest BCUT2D eigenvalue weighted by Crippen LogP contribution is 2.70. The van der Waals surface area contributed by atoms with Crippen LogP contribution in [-0.2, 0) is 9.16 Å². The van der Waals surface area contributed by atoms with Crippen LogP contribution in [0.25, 0.3) is 0 Å². The molecule has 0 N–H and O–H groups in total. The van der Waals surface area contributed by atoms with Gasteiger partial charge in [0.25, 0.3) is 0 Å². The predicted molar refractivity (Wildman–Crippen MR) is 166 cm³/mol. The van der Waals surface area contributed by atoms with Gasteiger partial charge in [0.2, 0.25) is 0 Å². The average Bonchev–Trinajstić information content (AvgIpc) is 3.33. The SMILES string of the molecule is C=C1C(O[Si](C)(C)C(C)(C)C)CC2C[C@]12[C@@H](/C=C1\CCCC2(C)[C@@H]([C@H](C)/C=C/[C@H](C)C(C)C)CC[C@@H]12)OC. The summed E-state index contributed by atoms with van der Waals surface area (Å²) in [6.07, 6.45) is 17.0. The summed E-state index contributed by atoms with van der Waals surface area (Å²) in [5.74, 6) is 4.18. The minimum absolute atomic E-state index is 0.101. The summed E-state index contributed by atoms with van der Waals surface area (Å²) in [4.78, 5) is 0. The summed E-state index contributed by atoms with van der Waals surface area (Å²) < 4.78 is 13.3. The number of allylic oxidation sites excluding steroid dienone is 3. The van der Waals surface area contributed by atoms with Crippen molar-refractivity contribution in [3.63, 3.8) is 0 Å². The number of rotatable bonds is 9. The number of fused-ring (bicyclic) bond motifs is 2. The van der Waals surface area contributed by atoms with E-state index in [2.05, 4.69) is 86.7 Å². The van der Waals surface area contributed by atoms with E-state index < -0.39 is 8.32 Å². The lowest BCUT2D eigenvalue weighted by molar-refractivity contribution is 0.0800. The molecular weight excluding hydrogens is 480 g/mol. The second-order valence-electron chi connectivity index (χ2n) is 15.9. The molecule has 3 heteroatoms. The zero-order chi connectivity index (χ0) is 28.3. The Balaban J connectivity index is 1.51. The molecule has 4 rings (SSSR count). The molecule has 4 aliphatic carbocycles. The number of ether oxygens (including phenoxy) is 1. The zero-order valence-corrected chi connectivity index (χ0v) is 27.8. The smallest absolute Gasteiger partial charge is 0.192 e. The molecule has 0 aromatic heterocycles. The molecule has 38 heavy (non-hydrogen) atoms. The molecule has 0 amide bonds. The van der Waals surface area contributed by atoms with Gasteiger partial charge in [0.15, 0.2) is 8.32 Å². The predicted octanol–water partition coefficient (Wildman–Crippen LogP) is 9.99. The lowest BCUT2D eigenvalue weighted by atomic mass is 9.61. The third kappa shape index (κ3) is 5.23. The quantitative estimate of drug-likeness (QED) is 0.214. The topological polar surface area (TPSA) is 18.5 Å². The fraction of sp³-hybridized carbons (Fsp3) is 0.829. The second kappa shape index (κ2) is 10.6. The first kappa shape index (κ1) is 30.3. The Hall–Kier alpha value is -0.643. The lowest BCUT2D eigenvalue weighted by Crippen LogP contribution is -2.44. The van der Waals surface area contributed by atoms with Crippen LogP contribution in [0.4, 0.5) is 0 Å². The van der Waals surface area contributed by atoms with Crippen LogP contribution in [0.3, 0.4) is 0 Å². The highest BCUT2D eigenvalue weighted by molar-refractivity contribution is 6.74. The molecule has 0 bridgehead atoms. The van der Waals surface area contributed by atoms with Crippen molar-refractivity contribution >= 4 is 8.32 Å². The Morgan fingerprint density at radius 3 is 2.37 bits per heavy atom. The Morgan fingerprint density at radius 1 is 1.08 bits per heavy atom. The fourth-order valence-electron chi connectivity index (χ4n) is 8.39. The number of hydrogen-bond donors (Lipinski definition) is 0. The normalized spacial score (nSPS) is 39.1. The third-order valence-corrected chi connectivity index (χ3v) is 16.9. The fourth-order valence-corrected chi connectivity index (χ4v) is 9.69. The summed E-state index contributed by atoms with van der Waals surface area (Å²) in [5, 5.41) is 0.223. The van der Waals surface area contributed by atoms with Crippen molar-refractivity contribution in [2.24, 2.45) is 46.3 Å². The van der Waals surface area contributed by atoms with Gasteiger partial charge in [0.1, 0.15) is 0 Å². The van der Waals surface area contributed by atoms with Crippen LogP contribution in [0.1, 0.15) is 100 Å². The van der Waals surface area contributed by atoms with Gasteiger partial charge < -0.3 is 9.16 Å². The van der Waals surface area contributed by atoms with Gasteiger partial charge in [-0.3, -0.25) is 0 Å². The van der Waals surface area contributed by atoms with Gasteiger partial charge >= 0.3 is 0 Å². The second-order valence-corrected chi connectivity index (χ2v) is 20.7. The van der Waals surface area contributed by atoms with E-state index in [0.29, 0.717) is 35.0 Å². The van der Waals surface area contributed by atoms with Gasteiger partial charge in [-0.05, 0) is 110 Å². The zero-order valence-electron chi connectivity index (χ0n) is 26.8. The van der Waals surface area contributed by atoms with Gasteiger partial charge in [-0.1, -0.05) is 85.8 Å². The molecular formula is C35H60O2Si. The van der Waals surface area contributed by atoms with E-state index in [9.17, 15) is 0 Å². The molecule has 0 radical (unpaired) electrons. The van der Waals surface area contributed by atoms with Crippen LogP contribution in [0.5, 0.6) is 0 Å². The first-order chi connectivity index (χ1) is 17.6. The molecule has 3 unspecified atom stereocenters. The van der Waals surface area contributed by atoms with Crippen molar-refractivity contribution in [2.45, 2.75) is 131 Å². The van der Waals surface area contributed by atoms with Crippen LogP contribution < -0.4 is 0 Å². The van der Waals surface area contributed by atoms with E-state index in [0.717, 1.165) is 12.3 Å². The average molecular weight is 541 g/mol. The van der Waals surface area contributed by atoms with Crippen LogP contribution in [0.2, 0.25) is 18.1 Å². The van der Waals surface area contributed by atoms with Crippen molar-refractivity contribution in [3.8, 4) is 0 Å². The van der Waals surface area contributed by atoms with Crippen molar-refractivity contribution in [2.75, 3.05) is 7.11 Å². The monoisotopic (exact) mass is 540 g/mol. The van der Waals surface area contributed by atoms with E-state index in [4.69, 9.17) is 15.7 Å². The van der Waals surface area contributed by atoms with Crippen molar-refractivity contribution < 1.29 is 9.16 Å². The Labute approximate surface area is 237 Å². The highest BCUT2D eigenvalue weighted by atomic mass is 28.4. The molecule has 4 fully saturated rings. The van der Waals surface area contributed by atoms with E-state index >= 15 is 0 Å². The Bertz CT molecular complexity index is 938. The molecule has 0 aromatic rings. The first-order valence-electron chi connectivity index (χ1n) is 15.9. The van der Waals surface area contributed by atoms with Gasteiger partial charge in [-0.2, -0.15) is 0 Å². The minimum atomic E-state index is -1.83. The molecule has 0 aliphatic heterocycles. The van der Waals surface area contributed by atoms with Gasteiger partial charge in [0.05, 0.1) is 12.2 Å². The summed E-state index contributed by atoms with van der Waals surface area (Å²) in [6.45, 7) is 28.6. The lowest BCUT2D eigenvalue weighted by Gasteiger charge is -2.44. The molecule has 4 saturated carbocycles. The third-order valence-electron chi connectivity index (χ3n) is 12.5. The molecule has 0 aromatic carbocycles. The maximum atomic E-state index is 6.92. The maximum absolute atomic E-state index is 6.92. The van der Waals surface area contributed by atoms with Gasteiger partial charge in [-0.25, -0.2) is 0 Å². The molecule has 2 nitrogen and oxygen atoms in total. The Morgan fingerprint density at radius 2 is 1.76 bits per heavy atom. The first-order valence-corrected chi connectivity index (χ1v) is 18.8. The standard InChI is InChI=1S/C35H60O2Si/c1-23(2)24(3)15-16-25(4)29-17-18-30-27(14-13-19-34(29,30)9)20-32(36-10)35-22-28(35)21-31(26(35)5)37-38(11,12)33(6,7)8/h15-16,20,23-25,28-32H,5,13-14,17-19,21-22H2,1-4,6-12H3/b16-15+,27-20+/t24-,25+,28?,29+,30-,31?,32+,34?,35-/m0/s1. The van der Waals surface area contributed by atoms with Crippen LogP contribution >= 0.6 is 0 Å². The molecule has 216 valence electrons. The largest absolute Gasteiger partial charge is 0.410 e. The van der Waals surface area contributed by atoms with E-state index in [1.54, 1.807) is 5.57 Å². The summed E-state index contributed by atoms with van der Waals surface area (Å²) in [6, 6.07) is 0. The highest BCUT2D eigenvalue weighted by Gasteiger charge is 2.67. The molecule has 9 atom stereocenters. The summed E-state index contributed by atoms with van der Waals surface area (Å²) in [5.41, 5.74) is 3.54. The van der Waals surface area contributed by atoms with Gasteiger partial charge in [0, 0.05) is 12.5 Å². The maximum Gasteiger partial charge on any atom is 0.192 e. The Kier molecular flexibility index (Phi) is 8.49. The van der Waals surface area contributed by atoms with E-state index in [1.807, 2.05) is 7.11 Å². The molecule has 0 heterocycles. The van der Waals surface area contributed by atoms with Gasteiger partial charge in [-0.15, -0.1) is 0 Å². The van der Waals surface area contributed by atoms with Crippen LogP contribution in [0.15, 0.2) is 36.0 Å². The number of methoxy groups -OCH3 is 1. The molecule has 4 aliphatic rings. The van der Waals surface area contributed by atoms with Crippen LogP contribution in [-0.4, -0.2) is 27.6 Å². The van der Waals surface area contributed by atoms with Crippen LogP contribution in [0, 0.1) is 46.3 Å².